The zero-order valence-corrected chi connectivity index (χ0v) is 12.6. The molecule has 1 amide bonds. The maximum atomic E-state index is 12.4. The fourth-order valence-electron chi connectivity index (χ4n) is 4.07. The van der Waals surface area contributed by atoms with Gasteiger partial charge in [0.2, 0.25) is 5.91 Å². The van der Waals surface area contributed by atoms with Gasteiger partial charge in [-0.05, 0) is 45.1 Å². The van der Waals surface area contributed by atoms with Crippen LogP contribution < -0.4 is 0 Å². The molecule has 0 bridgehead atoms. The molecule has 0 aromatic carbocycles. The van der Waals surface area contributed by atoms with E-state index in [-0.39, 0.29) is 12.0 Å². The summed E-state index contributed by atoms with van der Waals surface area (Å²) < 4.78 is 0. The molecule has 2 aliphatic carbocycles. The van der Waals surface area contributed by atoms with E-state index in [1.54, 1.807) is 0 Å². The Morgan fingerprint density at radius 1 is 1.15 bits per heavy atom. The normalized spacial score (nSPS) is 35.2. The van der Waals surface area contributed by atoms with Crippen molar-refractivity contribution < 1.29 is 9.90 Å². The van der Waals surface area contributed by atoms with Gasteiger partial charge in [-0.3, -0.25) is 9.69 Å². The van der Waals surface area contributed by atoms with Gasteiger partial charge >= 0.3 is 0 Å². The van der Waals surface area contributed by atoms with Crippen LogP contribution in [0.4, 0.5) is 0 Å². The molecule has 1 heterocycles. The number of amides is 1. The Kier molecular flexibility index (Phi) is 4.32. The Morgan fingerprint density at radius 2 is 1.95 bits per heavy atom. The minimum Gasteiger partial charge on any atom is -0.393 e. The van der Waals surface area contributed by atoms with Crippen molar-refractivity contribution in [2.75, 3.05) is 20.1 Å². The summed E-state index contributed by atoms with van der Waals surface area (Å²) in [7, 11) is 1.95. The number of rotatable bonds is 4. The number of likely N-dealkylation sites (N-methyl/N-ethyl adjacent to an activating group) is 1. The highest BCUT2D eigenvalue weighted by molar-refractivity contribution is 5.78. The molecule has 3 atom stereocenters. The third-order valence-corrected chi connectivity index (χ3v) is 5.52. The van der Waals surface area contributed by atoms with E-state index in [1.807, 2.05) is 11.9 Å². The molecule has 1 aliphatic heterocycles. The minimum absolute atomic E-state index is 0.142. The number of hydrogen-bond acceptors (Lipinski definition) is 3. The molecule has 3 rings (SSSR count). The molecule has 0 radical (unpaired) electrons. The van der Waals surface area contributed by atoms with E-state index in [4.69, 9.17) is 0 Å². The summed E-state index contributed by atoms with van der Waals surface area (Å²) in [5.74, 6) is 0.668. The fraction of sp³-hybridized carbons (Fsp3) is 0.938. The lowest BCUT2D eigenvalue weighted by Gasteiger charge is -2.40. The highest BCUT2D eigenvalue weighted by Gasteiger charge is 2.38. The van der Waals surface area contributed by atoms with Crippen LogP contribution in [0.2, 0.25) is 0 Å². The van der Waals surface area contributed by atoms with Crippen LogP contribution in [0.25, 0.3) is 0 Å². The topological polar surface area (TPSA) is 43.8 Å². The van der Waals surface area contributed by atoms with Gasteiger partial charge in [0.05, 0.1) is 12.6 Å². The van der Waals surface area contributed by atoms with Crippen LogP contribution in [-0.2, 0) is 4.79 Å². The third-order valence-electron chi connectivity index (χ3n) is 5.52. The Labute approximate surface area is 122 Å². The standard InChI is InChI=1S/C16H28N2O2/c1-17(12-8-9-12)16(20)11-18-10-3-2-6-14(18)13-5-4-7-15(13)19/h12-15,19H,2-11H2,1H3. The van der Waals surface area contributed by atoms with Crippen LogP contribution in [0.3, 0.4) is 0 Å². The van der Waals surface area contributed by atoms with Crippen LogP contribution in [-0.4, -0.2) is 59.1 Å². The predicted octanol–water partition coefficient (Wildman–Crippen LogP) is 1.62. The van der Waals surface area contributed by atoms with Gasteiger partial charge < -0.3 is 10.0 Å². The SMILES string of the molecule is CN(C(=O)CN1CCCCC1C1CCCC1O)C1CC1. The fourth-order valence-corrected chi connectivity index (χ4v) is 4.07. The molecule has 114 valence electrons. The molecular formula is C16H28N2O2. The highest BCUT2D eigenvalue weighted by atomic mass is 16.3. The number of piperidine rings is 1. The number of hydrogen-bond donors (Lipinski definition) is 1. The van der Waals surface area contributed by atoms with Crippen LogP contribution in [0.15, 0.2) is 0 Å². The van der Waals surface area contributed by atoms with Crippen molar-refractivity contribution in [1.29, 1.82) is 0 Å². The Balaban J connectivity index is 1.61. The maximum Gasteiger partial charge on any atom is 0.236 e. The molecule has 1 saturated heterocycles. The van der Waals surface area contributed by atoms with Crippen LogP contribution in [0.5, 0.6) is 0 Å². The first kappa shape index (κ1) is 14.3. The first-order valence-corrected chi connectivity index (χ1v) is 8.34. The molecule has 3 fully saturated rings. The molecule has 1 N–H and O–H groups in total. The minimum atomic E-state index is -0.142. The lowest BCUT2D eigenvalue weighted by Crippen LogP contribution is -2.50. The lowest BCUT2D eigenvalue weighted by molar-refractivity contribution is -0.133. The Hall–Kier alpha value is -0.610. The molecule has 0 aromatic rings. The van der Waals surface area contributed by atoms with Gasteiger partial charge in [-0.15, -0.1) is 0 Å². The van der Waals surface area contributed by atoms with Crippen molar-refractivity contribution in [3.63, 3.8) is 0 Å². The van der Waals surface area contributed by atoms with Gasteiger partial charge in [-0.2, -0.15) is 0 Å². The number of carbonyl (C=O) groups excluding carboxylic acids is 1. The smallest absolute Gasteiger partial charge is 0.236 e. The van der Waals surface area contributed by atoms with E-state index in [2.05, 4.69) is 4.90 Å². The summed E-state index contributed by atoms with van der Waals surface area (Å²) in [6.45, 7) is 1.58. The van der Waals surface area contributed by atoms with E-state index < -0.39 is 0 Å². The summed E-state index contributed by atoms with van der Waals surface area (Å²) in [6, 6.07) is 0.931. The van der Waals surface area contributed by atoms with E-state index >= 15 is 0 Å². The molecule has 4 nitrogen and oxygen atoms in total. The monoisotopic (exact) mass is 280 g/mol. The molecule has 3 unspecified atom stereocenters. The molecule has 4 heteroatoms. The predicted molar refractivity (Wildman–Crippen MR) is 78.4 cm³/mol. The van der Waals surface area contributed by atoms with Crippen molar-refractivity contribution in [1.82, 2.24) is 9.80 Å². The van der Waals surface area contributed by atoms with Gasteiger partial charge in [0.25, 0.3) is 0 Å². The second-order valence-corrected chi connectivity index (χ2v) is 6.93. The lowest BCUT2D eigenvalue weighted by atomic mass is 9.87. The van der Waals surface area contributed by atoms with Gasteiger partial charge in [0.15, 0.2) is 0 Å². The van der Waals surface area contributed by atoms with E-state index in [1.165, 1.54) is 25.7 Å². The largest absolute Gasteiger partial charge is 0.393 e. The maximum absolute atomic E-state index is 12.4. The number of aliphatic hydroxyl groups is 1. The van der Waals surface area contributed by atoms with Gasteiger partial charge in [0.1, 0.15) is 0 Å². The molecule has 2 saturated carbocycles. The quantitative estimate of drug-likeness (QED) is 0.851. The number of likely N-dealkylation sites (tertiary alicyclic amines) is 1. The summed E-state index contributed by atoms with van der Waals surface area (Å²) in [5.41, 5.74) is 0. The zero-order chi connectivity index (χ0) is 14.1. The average Bonchev–Trinajstić information content (AvgIpc) is 3.21. The molecule has 0 spiro atoms. The van der Waals surface area contributed by atoms with Crippen molar-refractivity contribution in [3.05, 3.63) is 0 Å². The van der Waals surface area contributed by atoms with E-state index in [0.29, 0.717) is 24.5 Å². The van der Waals surface area contributed by atoms with Crippen LogP contribution in [0, 0.1) is 5.92 Å². The van der Waals surface area contributed by atoms with E-state index in [0.717, 1.165) is 32.2 Å². The average molecular weight is 280 g/mol. The van der Waals surface area contributed by atoms with Crippen molar-refractivity contribution in [2.24, 2.45) is 5.92 Å². The molecule has 0 aromatic heterocycles. The molecule has 20 heavy (non-hydrogen) atoms. The number of nitrogens with zero attached hydrogens (tertiary/aromatic N) is 2. The molecular weight excluding hydrogens is 252 g/mol. The third kappa shape index (κ3) is 3.01. The van der Waals surface area contributed by atoms with E-state index in [9.17, 15) is 9.90 Å². The number of carbonyl (C=O) groups is 1. The van der Waals surface area contributed by atoms with Gasteiger partial charge in [0, 0.05) is 25.0 Å². The zero-order valence-electron chi connectivity index (χ0n) is 12.6. The Bertz CT molecular complexity index is 356. The summed E-state index contributed by atoms with van der Waals surface area (Å²) in [5, 5.41) is 10.2. The van der Waals surface area contributed by atoms with Crippen molar-refractivity contribution in [3.8, 4) is 0 Å². The second kappa shape index (κ2) is 6.02. The summed E-state index contributed by atoms with van der Waals surface area (Å²) in [6.07, 6.45) is 9.03. The van der Waals surface area contributed by atoms with Crippen LogP contribution >= 0.6 is 0 Å². The second-order valence-electron chi connectivity index (χ2n) is 6.93. The first-order valence-electron chi connectivity index (χ1n) is 8.34. The molecule has 3 aliphatic rings. The first-order chi connectivity index (χ1) is 9.66. The number of aliphatic hydroxyl groups excluding tert-OH is 1. The summed E-state index contributed by atoms with van der Waals surface area (Å²) >= 11 is 0. The highest BCUT2D eigenvalue weighted by Crippen LogP contribution is 2.35. The van der Waals surface area contributed by atoms with Gasteiger partial charge in [-0.1, -0.05) is 12.8 Å². The summed E-state index contributed by atoms with van der Waals surface area (Å²) in [4.78, 5) is 16.7. The Morgan fingerprint density at radius 3 is 2.60 bits per heavy atom. The van der Waals surface area contributed by atoms with Crippen molar-refractivity contribution in [2.45, 2.75) is 69.6 Å². The van der Waals surface area contributed by atoms with Crippen LogP contribution in [0.1, 0.15) is 51.4 Å². The van der Waals surface area contributed by atoms with Gasteiger partial charge in [-0.25, -0.2) is 0 Å². The van der Waals surface area contributed by atoms with Crippen molar-refractivity contribution >= 4 is 5.91 Å².